The number of hydrogen-bond donors (Lipinski definition) is 5. The first-order valence-electron chi connectivity index (χ1n) is 28.8. The minimum Gasteiger partial charge on any atom is -0.477 e. The van der Waals surface area contributed by atoms with Crippen LogP contribution in [0.25, 0.3) is 11.6 Å². The maximum Gasteiger partial charge on any atom is 0.268 e. The van der Waals surface area contributed by atoms with Crippen molar-refractivity contribution in [2.75, 3.05) is 43.5 Å². The molecule has 452 valence electrons. The highest BCUT2D eigenvalue weighted by atomic mass is 35.5. The predicted molar refractivity (Wildman–Crippen MR) is 322 cm³/mol. The largest absolute Gasteiger partial charge is 0.477 e. The van der Waals surface area contributed by atoms with E-state index in [-0.39, 0.29) is 36.8 Å². The third kappa shape index (κ3) is 17.4. The summed E-state index contributed by atoms with van der Waals surface area (Å²) >= 11 is 12.5. The first-order valence-corrected chi connectivity index (χ1v) is 32.6. The molecular weight excluding hydrogens is 1150 g/mol. The summed E-state index contributed by atoms with van der Waals surface area (Å²) in [5.74, 6) is 2.44. The van der Waals surface area contributed by atoms with E-state index < -0.39 is 31.9 Å². The van der Waals surface area contributed by atoms with E-state index >= 15 is 0 Å². The molecule has 2 unspecified atom stereocenters. The Morgan fingerprint density at radius 3 is 1.46 bits per heavy atom. The molecule has 3 saturated carbocycles. The molecular formula is C59H77Cl2N13O8S2. The zero-order chi connectivity index (χ0) is 59.9. The van der Waals surface area contributed by atoms with Crippen LogP contribution in [-0.4, -0.2) is 107 Å². The summed E-state index contributed by atoms with van der Waals surface area (Å²) in [5.41, 5.74) is 1.28. The summed E-state index contributed by atoms with van der Waals surface area (Å²) < 4.78 is 69.9. The topological polar surface area (TPSA) is 268 Å². The summed E-state index contributed by atoms with van der Waals surface area (Å²) in [7, 11) is -8.35. The van der Waals surface area contributed by atoms with Gasteiger partial charge in [-0.1, -0.05) is 50.9 Å². The third-order valence-corrected chi connectivity index (χ3v) is 19.6. The Bertz CT molecular complexity index is 3270. The molecule has 84 heavy (non-hydrogen) atoms. The molecule has 2 atom stereocenters. The standard InChI is InChI=1S/C30H39ClN6O4S.C29H38ClN7O4S/c1-29(2)12-10-21(19-29)5-4-16-32-24-8-6-22(20-33-24)42(39,40)36-28(38)23-7-9-25(34-27(23)31)37-17-11-26(35-37)41-18-15-30(3)13-14-30;1-28(2)17-20(18-33-28)5-4-14-31-23-8-6-21(19-32-23)42(39,40)36-27(38)22-7-9-24(34-26(22)30)37-15-10-25(35-37)41-16-13-29(3)11-12-29/h6-9,11,17,20-21H,4-5,10,12-16,18-19H2,1-3H3,(H,32,33)(H,36,38);6-10,15,19-20,33H,4-5,11-14,16-18H2,1-3H3,(H,31,32)(H,36,38). The third-order valence-electron chi connectivity index (χ3n) is 16.4. The molecule has 0 aromatic carbocycles. The fraction of sp³-hybridized carbons (Fsp3) is 0.525. The molecule has 25 heteroatoms. The molecule has 6 aromatic heterocycles. The van der Waals surface area contributed by atoms with Crippen LogP contribution in [0, 0.1) is 28.1 Å². The second-order valence-corrected chi connectivity index (χ2v) is 29.0. The summed E-state index contributed by atoms with van der Waals surface area (Å²) in [5, 5.41) is 18.4. The van der Waals surface area contributed by atoms with Crippen molar-refractivity contribution in [1.29, 1.82) is 0 Å². The van der Waals surface area contributed by atoms with Crippen LogP contribution in [0.3, 0.4) is 0 Å². The van der Waals surface area contributed by atoms with Crippen molar-refractivity contribution in [3.63, 3.8) is 0 Å². The average molecular weight is 1230 g/mol. The minimum atomic E-state index is -4.18. The lowest BCUT2D eigenvalue weighted by molar-refractivity contribution is 0.0972. The molecule has 1 saturated heterocycles. The van der Waals surface area contributed by atoms with E-state index in [0.29, 0.717) is 70.4 Å². The maximum atomic E-state index is 12.9. The Morgan fingerprint density at radius 2 is 1.08 bits per heavy atom. The van der Waals surface area contributed by atoms with Gasteiger partial charge in [0.15, 0.2) is 11.6 Å². The summed E-state index contributed by atoms with van der Waals surface area (Å²) in [4.78, 5) is 42.2. The van der Waals surface area contributed by atoms with E-state index in [0.717, 1.165) is 64.1 Å². The number of sulfonamides is 2. The number of ether oxygens (including phenoxy) is 2. The molecule has 6 aromatic rings. The normalized spacial score (nSPS) is 18.9. The fourth-order valence-corrected chi connectivity index (χ4v) is 12.8. The van der Waals surface area contributed by atoms with Gasteiger partial charge in [0.25, 0.3) is 31.9 Å². The van der Waals surface area contributed by atoms with Gasteiger partial charge in [-0.05, 0) is 187 Å². The molecule has 4 aliphatic rings. The first-order chi connectivity index (χ1) is 39.8. The predicted octanol–water partition coefficient (Wildman–Crippen LogP) is 10.6. The number of carbonyl (C=O) groups excluding carboxylic acids is 2. The van der Waals surface area contributed by atoms with Crippen molar-refractivity contribution < 1.29 is 35.9 Å². The van der Waals surface area contributed by atoms with Crippen LogP contribution in [0.5, 0.6) is 11.8 Å². The Kier molecular flexibility index (Phi) is 19.3. The number of anilines is 2. The first kappa shape index (κ1) is 62.1. The van der Waals surface area contributed by atoms with Gasteiger partial charge in [0.05, 0.1) is 24.3 Å². The van der Waals surface area contributed by atoms with Crippen LogP contribution in [0.1, 0.15) is 152 Å². The average Bonchev–Trinajstić information content (AvgIpc) is 4.11. The second kappa shape index (κ2) is 26.1. The molecule has 0 radical (unpaired) electrons. The molecule has 3 aliphatic carbocycles. The monoisotopic (exact) mass is 1230 g/mol. The van der Waals surface area contributed by atoms with Gasteiger partial charge in [0.2, 0.25) is 11.8 Å². The number of halogens is 2. The molecule has 1 aliphatic heterocycles. The fourth-order valence-electron chi connectivity index (χ4n) is 10.5. The van der Waals surface area contributed by atoms with Crippen molar-refractivity contribution in [2.45, 2.75) is 147 Å². The van der Waals surface area contributed by atoms with Gasteiger partial charge in [-0.25, -0.2) is 55.6 Å². The number of pyridine rings is 4. The van der Waals surface area contributed by atoms with E-state index in [4.69, 9.17) is 32.7 Å². The number of nitrogens with zero attached hydrogens (tertiary/aromatic N) is 8. The SMILES string of the molecule is CC1(C)CCC(CCCNc2ccc(S(=O)(=O)NC(=O)c3ccc(-n4ccc(OCCC5(C)CC5)n4)nc3Cl)cn2)C1.CC1(CCOc2ccn(-c3ccc(C(=O)NS(=O)(=O)c4ccc(NCCCC5CNC(C)(C)C5)nc4)c(Cl)n3)n2)CC1. The second-order valence-electron chi connectivity index (χ2n) is 24.9. The lowest BCUT2D eigenvalue weighted by Gasteiger charge is -2.17. The van der Waals surface area contributed by atoms with E-state index in [1.807, 2.05) is 9.44 Å². The zero-order valence-electron chi connectivity index (χ0n) is 48.6. The van der Waals surface area contributed by atoms with Crippen molar-refractivity contribution >= 4 is 66.7 Å². The van der Waals surface area contributed by atoms with Gasteiger partial charge in [0.1, 0.15) is 31.7 Å². The van der Waals surface area contributed by atoms with Crippen molar-refractivity contribution in [1.82, 2.24) is 54.3 Å². The quantitative estimate of drug-likeness (QED) is 0.0249. The van der Waals surface area contributed by atoms with Crippen molar-refractivity contribution in [3.05, 3.63) is 107 Å². The molecule has 7 heterocycles. The van der Waals surface area contributed by atoms with E-state index in [2.05, 4.69) is 87.6 Å². The Labute approximate surface area is 502 Å². The summed E-state index contributed by atoms with van der Waals surface area (Å²) in [6.45, 7) is 17.3. The molecule has 0 spiro atoms. The van der Waals surface area contributed by atoms with E-state index in [1.165, 1.54) is 110 Å². The number of nitrogens with one attached hydrogen (secondary N) is 5. The number of aromatic nitrogens is 8. The molecule has 2 amide bonds. The smallest absolute Gasteiger partial charge is 0.268 e. The Morgan fingerprint density at radius 1 is 0.619 bits per heavy atom. The molecule has 5 N–H and O–H groups in total. The van der Waals surface area contributed by atoms with E-state index in [1.54, 1.807) is 36.7 Å². The van der Waals surface area contributed by atoms with E-state index in [9.17, 15) is 26.4 Å². The lowest BCUT2D eigenvalue weighted by atomic mass is 9.89. The van der Waals surface area contributed by atoms with Gasteiger partial charge in [-0.15, -0.1) is 10.2 Å². The van der Waals surface area contributed by atoms with Crippen molar-refractivity contribution in [3.8, 4) is 23.4 Å². The number of amides is 2. The molecule has 10 rings (SSSR count). The minimum absolute atomic E-state index is 0.0813. The number of carbonyl (C=O) groups is 2. The highest BCUT2D eigenvalue weighted by Crippen LogP contribution is 2.49. The van der Waals surface area contributed by atoms with Gasteiger partial charge >= 0.3 is 0 Å². The maximum absolute atomic E-state index is 12.9. The van der Waals surface area contributed by atoms with Crippen LogP contribution >= 0.6 is 23.2 Å². The van der Waals surface area contributed by atoms with Gasteiger partial charge in [-0.3, -0.25) is 9.59 Å². The van der Waals surface area contributed by atoms with Crippen molar-refractivity contribution in [2.24, 2.45) is 28.1 Å². The highest BCUT2D eigenvalue weighted by molar-refractivity contribution is 7.90. The number of hydrogen-bond acceptors (Lipinski definition) is 17. The summed E-state index contributed by atoms with van der Waals surface area (Å²) in [6, 6.07) is 15.3. The van der Waals surface area contributed by atoms with Gasteiger partial charge in [0, 0.05) is 55.5 Å². The van der Waals surface area contributed by atoms with Crippen LogP contribution < -0.4 is 34.9 Å². The zero-order valence-corrected chi connectivity index (χ0v) is 51.7. The number of rotatable bonds is 26. The molecule has 21 nitrogen and oxygen atoms in total. The van der Waals surface area contributed by atoms with Gasteiger partial charge < -0.3 is 25.4 Å². The lowest BCUT2D eigenvalue weighted by Crippen LogP contribution is -2.31. The van der Waals surface area contributed by atoms with Crippen LogP contribution in [-0.2, 0) is 20.0 Å². The van der Waals surface area contributed by atoms with Crippen LogP contribution in [0.4, 0.5) is 11.6 Å². The Hall–Kier alpha value is -6.40. The molecule has 0 bridgehead atoms. The summed E-state index contributed by atoms with van der Waals surface area (Å²) in [6.07, 6.45) is 22.0. The van der Waals surface area contributed by atoms with Crippen LogP contribution in [0.2, 0.25) is 10.3 Å². The van der Waals surface area contributed by atoms with Gasteiger partial charge in [-0.2, -0.15) is 0 Å². The Balaban J connectivity index is 0.000000202. The van der Waals surface area contributed by atoms with Crippen LogP contribution in [0.15, 0.2) is 95.2 Å². The highest BCUT2D eigenvalue weighted by Gasteiger charge is 2.38. The molecule has 4 fully saturated rings.